The Bertz CT molecular complexity index is 469. The van der Waals surface area contributed by atoms with Gasteiger partial charge in [0.25, 0.3) is 0 Å². The highest BCUT2D eigenvalue weighted by molar-refractivity contribution is 5.27. The minimum Gasteiger partial charge on any atom is -0.308 e. The third kappa shape index (κ3) is 4.77. The van der Waals surface area contributed by atoms with Gasteiger partial charge in [-0.2, -0.15) is 0 Å². The fraction of sp³-hybridized carbons (Fsp3) is 0.556. The first kappa shape index (κ1) is 15.3. The number of nitrogens with zero attached hydrogens (tertiary/aromatic N) is 1. The number of rotatable bonds is 4. The van der Waals surface area contributed by atoms with Gasteiger partial charge in [0, 0.05) is 31.7 Å². The smallest absolute Gasteiger partial charge is 0.0240 e. The zero-order valence-electron chi connectivity index (χ0n) is 13.4. The molecular weight excluding hydrogens is 244 g/mol. The molecule has 110 valence electrons. The lowest BCUT2D eigenvalue weighted by Crippen LogP contribution is -2.35. The zero-order chi connectivity index (χ0) is 14.6. The van der Waals surface area contributed by atoms with Gasteiger partial charge in [-0.3, -0.25) is 4.90 Å². The molecule has 2 rings (SSSR count). The first-order valence-corrected chi connectivity index (χ1v) is 7.64. The minimum absolute atomic E-state index is 0.165. The van der Waals surface area contributed by atoms with Crippen molar-refractivity contribution in [2.24, 2.45) is 0 Å². The van der Waals surface area contributed by atoms with Crippen LogP contribution in [-0.2, 0) is 13.1 Å². The van der Waals surface area contributed by atoms with Gasteiger partial charge in [-0.1, -0.05) is 35.9 Å². The van der Waals surface area contributed by atoms with Crippen LogP contribution in [0.4, 0.5) is 0 Å². The Morgan fingerprint density at radius 1 is 1.15 bits per heavy atom. The van der Waals surface area contributed by atoms with Gasteiger partial charge in [0.05, 0.1) is 0 Å². The monoisotopic (exact) mass is 272 g/mol. The number of nitrogens with one attached hydrogen (secondary N) is 1. The summed E-state index contributed by atoms with van der Waals surface area (Å²) in [7, 11) is 0. The van der Waals surface area contributed by atoms with Crippen LogP contribution in [0.15, 0.2) is 35.9 Å². The van der Waals surface area contributed by atoms with E-state index < -0.39 is 0 Å². The Labute approximate surface area is 123 Å². The van der Waals surface area contributed by atoms with Gasteiger partial charge in [-0.25, -0.2) is 0 Å². The summed E-state index contributed by atoms with van der Waals surface area (Å²) in [6.07, 6.45) is 3.57. The molecule has 1 aromatic rings. The molecule has 20 heavy (non-hydrogen) atoms. The van der Waals surface area contributed by atoms with Crippen LogP contribution >= 0.6 is 0 Å². The molecule has 0 unspecified atom stereocenters. The zero-order valence-corrected chi connectivity index (χ0v) is 13.4. The van der Waals surface area contributed by atoms with Gasteiger partial charge in [0.1, 0.15) is 0 Å². The average Bonchev–Trinajstić information content (AvgIpc) is 2.39. The summed E-state index contributed by atoms with van der Waals surface area (Å²) in [5.41, 5.74) is 4.58. The summed E-state index contributed by atoms with van der Waals surface area (Å²) in [6.45, 7) is 13.2. The lowest BCUT2D eigenvalue weighted by molar-refractivity contribution is 0.284. The molecule has 0 aromatic heterocycles. The van der Waals surface area contributed by atoms with Crippen molar-refractivity contribution in [2.45, 2.75) is 52.7 Å². The molecule has 2 heteroatoms. The van der Waals surface area contributed by atoms with Crippen LogP contribution in [0.3, 0.4) is 0 Å². The Morgan fingerprint density at radius 2 is 1.85 bits per heavy atom. The molecule has 0 atom stereocenters. The molecule has 0 bridgehead atoms. The predicted molar refractivity (Wildman–Crippen MR) is 86.7 cm³/mol. The standard InChI is InChI=1S/C18H28N2/c1-15-9-11-20(12-10-15)14-17-8-6-5-7-16(17)13-19-18(2,3)4/h5-9,19H,10-14H2,1-4H3. The summed E-state index contributed by atoms with van der Waals surface area (Å²) in [5, 5.41) is 3.59. The number of hydrogen-bond acceptors (Lipinski definition) is 2. The Hall–Kier alpha value is -1.12. The fourth-order valence-electron chi connectivity index (χ4n) is 2.44. The third-order valence-electron chi connectivity index (χ3n) is 3.84. The number of hydrogen-bond donors (Lipinski definition) is 1. The van der Waals surface area contributed by atoms with E-state index in [0.717, 1.165) is 19.6 Å². The maximum Gasteiger partial charge on any atom is 0.0240 e. The van der Waals surface area contributed by atoms with E-state index in [1.807, 2.05) is 0 Å². The van der Waals surface area contributed by atoms with Crippen molar-refractivity contribution in [3.8, 4) is 0 Å². The summed E-state index contributed by atoms with van der Waals surface area (Å²) in [5.74, 6) is 0. The first-order chi connectivity index (χ1) is 9.44. The van der Waals surface area contributed by atoms with Crippen molar-refractivity contribution < 1.29 is 0 Å². The highest BCUT2D eigenvalue weighted by Gasteiger charge is 2.13. The van der Waals surface area contributed by atoms with Gasteiger partial charge in [-0.15, -0.1) is 0 Å². The van der Waals surface area contributed by atoms with E-state index in [2.05, 4.69) is 68.3 Å². The Kier molecular flexibility index (Phi) is 5.00. The summed E-state index contributed by atoms with van der Waals surface area (Å²) in [4.78, 5) is 2.53. The summed E-state index contributed by atoms with van der Waals surface area (Å²) >= 11 is 0. The van der Waals surface area contributed by atoms with Gasteiger partial charge in [0.15, 0.2) is 0 Å². The Balaban J connectivity index is 2.01. The minimum atomic E-state index is 0.165. The Morgan fingerprint density at radius 3 is 2.45 bits per heavy atom. The molecule has 0 saturated carbocycles. The topological polar surface area (TPSA) is 15.3 Å². The largest absolute Gasteiger partial charge is 0.308 e. The molecule has 1 aromatic carbocycles. The van der Waals surface area contributed by atoms with Gasteiger partial charge < -0.3 is 5.32 Å². The van der Waals surface area contributed by atoms with E-state index in [-0.39, 0.29) is 5.54 Å². The summed E-state index contributed by atoms with van der Waals surface area (Å²) in [6, 6.07) is 8.81. The van der Waals surface area contributed by atoms with Crippen LogP contribution < -0.4 is 5.32 Å². The third-order valence-corrected chi connectivity index (χ3v) is 3.84. The average molecular weight is 272 g/mol. The lowest BCUT2D eigenvalue weighted by atomic mass is 10.0. The molecule has 1 aliphatic rings. The molecule has 0 aliphatic carbocycles. The van der Waals surface area contributed by atoms with Gasteiger partial charge in [-0.05, 0) is 45.2 Å². The van der Waals surface area contributed by atoms with E-state index in [4.69, 9.17) is 0 Å². The van der Waals surface area contributed by atoms with Crippen LogP contribution in [0, 0.1) is 0 Å². The second-order valence-corrected chi connectivity index (χ2v) is 6.91. The van der Waals surface area contributed by atoms with Crippen LogP contribution in [0.25, 0.3) is 0 Å². The van der Waals surface area contributed by atoms with E-state index in [1.54, 1.807) is 0 Å². The molecular formula is C18H28N2. The maximum atomic E-state index is 3.59. The molecule has 0 radical (unpaired) electrons. The molecule has 2 nitrogen and oxygen atoms in total. The van der Waals surface area contributed by atoms with E-state index in [1.165, 1.54) is 29.7 Å². The van der Waals surface area contributed by atoms with Gasteiger partial charge in [0.2, 0.25) is 0 Å². The van der Waals surface area contributed by atoms with Crippen molar-refractivity contribution in [3.05, 3.63) is 47.0 Å². The van der Waals surface area contributed by atoms with Crippen LogP contribution in [0.2, 0.25) is 0 Å². The molecule has 1 N–H and O–H groups in total. The van der Waals surface area contributed by atoms with E-state index in [0.29, 0.717) is 0 Å². The van der Waals surface area contributed by atoms with Crippen molar-refractivity contribution >= 4 is 0 Å². The second kappa shape index (κ2) is 6.55. The number of benzene rings is 1. The van der Waals surface area contributed by atoms with Crippen LogP contribution in [-0.4, -0.2) is 23.5 Å². The van der Waals surface area contributed by atoms with E-state index >= 15 is 0 Å². The fourth-order valence-corrected chi connectivity index (χ4v) is 2.44. The highest BCUT2D eigenvalue weighted by atomic mass is 15.1. The maximum absolute atomic E-state index is 3.59. The highest BCUT2D eigenvalue weighted by Crippen LogP contribution is 2.16. The summed E-state index contributed by atoms with van der Waals surface area (Å²) < 4.78 is 0. The van der Waals surface area contributed by atoms with E-state index in [9.17, 15) is 0 Å². The lowest BCUT2D eigenvalue weighted by Gasteiger charge is -2.27. The normalized spacial score (nSPS) is 17.1. The SMILES string of the molecule is CC1=CCN(Cc2ccccc2CNC(C)(C)C)CC1. The van der Waals surface area contributed by atoms with Crippen LogP contribution in [0.5, 0.6) is 0 Å². The molecule has 0 spiro atoms. The van der Waals surface area contributed by atoms with Crippen LogP contribution in [0.1, 0.15) is 45.2 Å². The molecule has 1 aliphatic heterocycles. The predicted octanol–water partition coefficient (Wildman–Crippen LogP) is 3.73. The first-order valence-electron chi connectivity index (χ1n) is 7.64. The molecule has 0 fully saturated rings. The van der Waals surface area contributed by atoms with Crippen molar-refractivity contribution in [3.63, 3.8) is 0 Å². The molecule has 0 saturated heterocycles. The van der Waals surface area contributed by atoms with Gasteiger partial charge >= 0.3 is 0 Å². The van der Waals surface area contributed by atoms with Crippen molar-refractivity contribution in [2.75, 3.05) is 13.1 Å². The second-order valence-electron chi connectivity index (χ2n) is 6.91. The van der Waals surface area contributed by atoms with Crippen molar-refractivity contribution in [1.29, 1.82) is 0 Å². The molecule has 1 heterocycles. The molecule has 0 amide bonds. The van der Waals surface area contributed by atoms with Crippen molar-refractivity contribution in [1.82, 2.24) is 10.2 Å². The quantitative estimate of drug-likeness (QED) is 0.840.